The highest BCUT2D eigenvalue weighted by Gasteiger charge is 2.08. The maximum atomic E-state index is 12.1. The molecule has 126 valence electrons. The SMILES string of the molecule is CS(=O)(=O)Nc1ccc(C(=O)NCc2cccc(C(=O)O)c2)cc1. The van der Waals surface area contributed by atoms with E-state index in [4.69, 9.17) is 5.11 Å². The van der Waals surface area contributed by atoms with Crippen LogP contribution in [-0.4, -0.2) is 31.7 Å². The minimum Gasteiger partial charge on any atom is -0.478 e. The fourth-order valence-corrected chi connectivity index (χ4v) is 2.57. The van der Waals surface area contributed by atoms with Crippen molar-refractivity contribution < 1.29 is 23.1 Å². The molecule has 0 saturated heterocycles. The average Bonchev–Trinajstić information content (AvgIpc) is 2.52. The second kappa shape index (κ2) is 7.14. The molecule has 3 N–H and O–H groups in total. The van der Waals surface area contributed by atoms with E-state index in [0.717, 1.165) is 6.26 Å². The highest BCUT2D eigenvalue weighted by atomic mass is 32.2. The highest BCUT2D eigenvalue weighted by molar-refractivity contribution is 7.92. The lowest BCUT2D eigenvalue weighted by Crippen LogP contribution is -2.23. The summed E-state index contributed by atoms with van der Waals surface area (Å²) in [4.78, 5) is 23.0. The van der Waals surface area contributed by atoms with Gasteiger partial charge in [0.05, 0.1) is 11.8 Å². The lowest BCUT2D eigenvalue weighted by Gasteiger charge is -2.08. The van der Waals surface area contributed by atoms with E-state index >= 15 is 0 Å². The zero-order chi connectivity index (χ0) is 17.7. The van der Waals surface area contributed by atoms with Crippen LogP contribution in [0.2, 0.25) is 0 Å². The van der Waals surface area contributed by atoms with Crippen molar-refractivity contribution in [1.29, 1.82) is 0 Å². The number of hydrogen-bond acceptors (Lipinski definition) is 4. The molecule has 0 unspecified atom stereocenters. The Morgan fingerprint density at radius 3 is 2.29 bits per heavy atom. The molecule has 1 amide bonds. The molecule has 2 rings (SSSR count). The Kier molecular flexibility index (Phi) is 5.20. The monoisotopic (exact) mass is 348 g/mol. The molecule has 0 atom stereocenters. The Balaban J connectivity index is 2.00. The number of rotatable bonds is 6. The number of benzene rings is 2. The summed E-state index contributed by atoms with van der Waals surface area (Å²) in [6, 6.07) is 12.3. The van der Waals surface area contributed by atoms with Crippen LogP contribution < -0.4 is 10.0 Å². The number of carbonyl (C=O) groups is 2. The molecule has 0 aliphatic rings. The lowest BCUT2D eigenvalue weighted by molar-refractivity contribution is 0.0696. The van der Waals surface area contributed by atoms with E-state index < -0.39 is 16.0 Å². The van der Waals surface area contributed by atoms with Gasteiger partial charge in [0.15, 0.2) is 0 Å². The van der Waals surface area contributed by atoms with E-state index in [-0.39, 0.29) is 18.0 Å². The molecule has 0 saturated carbocycles. The molecular weight excluding hydrogens is 332 g/mol. The topological polar surface area (TPSA) is 113 Å². The molecular formula is C16H16N2O5S. The van der Waals surface area contributed by atoms with Gasteiger partial charge in [-0.3, -0.25) is 9.52 Å². The van der Waals surface area contributed by atoms with E-state index in [2.05, 4.69) is 10.0 Å². The summed E-state index contributed by atoms with van der Waals surface area (Å²) >= 11 is 0. The number of anilines is 1. The average molecular weight is 348 g/mol. The molecule has 2 aromatic carbocycles. The third kappa shape index (κ3) is 5.10. The normalized spacial score (nSPS) is 10.9. The van der Waals surface area contributed by atoms with Crippen LogP contribution >= 0.6 is 0 Å². The molecule has 24 heavy (non-hydrogen) atoms. The summed E-state index contributed by atoms with van der Waals surface area (Å²) < 4.78 is 24.6. The van der Waals surface area contributed by atoms with Gasteiger partial charge < -0.3 is 10.4 Å². The molecule has 0 aromatic heterocycles. The van der Waals surface area contributed by atoms with Gasteiger partial charge in [0.25, 0.3) is 5.91 Å². The third-order valence-electron chi connectivity index (χ3n) is 3.08. The van der Waals surface area contributed by atoms with Crippen LogP contribution in [0.15, 0.2) is 48.5 Å². The molecule has 0 radical (unpaired) electrons. The largest absolute Gasteiger partial charge is 0.478 e. The summed E-state index contributed by atoms with van der Waals surface area (Å²) in [7, 11) is -3.37. The predicted molar refractivity (Wildman–Crippen MR) is 89.5 cm³/mol. The second-order valence-corrected chi connectivity index (χ2v) is 6.89. The molecule has 0 bridgehead atoms. The van der Waals surface area contributed by atoms with E-state index in [1.54, 1.807) is 12.1 Å². The summed E-state index contributed by atoms with van der Waals surface area (Å²) in [5.41, 5.74) is 1.54. The number of sulfonamides is 1. The maximum absolute atomic E-state index is 12.1. The Morgan fingerprint density at radius 2 is 1.71 bits per heavy atom. The Morgan fingerprint density at radius 1 is 1.04 bits per heavy atom. The van der Waals surface area contributed by atoms with Crippen molar-refractivity contribution in [2.24, 2.45) is 0 Å². The first-order valence-electron chi connectivity index (χ1n) is 6.93. The zero-order valence-corrected chi connectivity index (χ0v) is 13.6. The van der Waals surface area contributed by atoms with Crippen LogP contribution in [0.25, 0.3) is 0 Å². The first-order valence-corrected chi connectivity index (χ1v) is 8.82. The minimum atomic E-state index is -3.37. The van der Waals surface area contributed by atoms with Gasteiger partial charge in [-0.2, -0.15) is 0 Å². The van der Waals surface area contributed by atoms with E-state index in [1.807, 2.05) is 0 Å². The molecule has 0 spiro atoms. The van der Waals surface area contributed by atoms with Crippen LogP contribution in [-0.2, 0) is 16.6 Å². The number of carboxylic acids is 1. The summed E-state index contributed by atoms with van der Waals surface area (Å²) in [6.07, 6.45) is 1.04. The zero-order valence-electron chi connectivity index (χ0n) is 12.8. The highest BCUT2D eigenvalue weighted by Crippen LogP contribution is 2.11. The van der Waals surface area contributed by atoms with E-state index in [1.165, 1.54) is 36.4 Å². The van der Waals surface area contributed by atoms with Crippen LogP contribution in [0.1, 0.15) is 26.3 Å². The molecule has 7 nitrogen and oxygen atoms in total. The first kappa shape index (κ1) is 17.5. The van der Waals surface area contributed by atoms with Crippen molar-refractivity contribution in [3.8, 4) is 0 Å². The van der Waals surface area contributed by atoms with Crippen molar-refractivity contribution in [2.75, 3.05) is 11.0 Å². The van der Waals surface area contributed by atoms with E-state index in [0.29, 0.717) is 16.8 Å². The second-order valence-electron chi connectivity index (χ2n) is 5.14. The van der Waals surface area contributed by atoms with Crippen molar-refractivity contribution in [2.45, 2.75) is 6.54 Å². The molecule has 2 aromatic rings. The fourth-order valence-electron chi connectivity index (χ4n) is 2.00. The number of nitrogens with one attached hydrogen (secondary N) is 2. The standard InChI is InChI=1S/C16H16N2O5S/c1-24(22,23)18-14-7-5-12(6-8-14)15(19)17-10-11-3-2-4-13(9-11)16(20)21/h2-9,18H,10H2,1H3,(H,17,19)(H,20,21). The summed E-state index contributed by atoms with van der Waals surface area (Å²) in [6.45, 7) is 0.184. The molecule has 0 aliphatic heterocycles. The van der Waals surface area contributed by atoms with Gasteiger partial charge >= 0.3 is 5.97 Å². The molecule has 0 aliphatic carbocycles. The van der Waals surface area contributed by atoms with Gasteiger partial charge in [0.1, 0.15) is 0 Å². The van der Waals surface area contributed by atoms with Gasteiger partial charge in [-0.1, -0.05) is 12.1 Å². The van der Waals surface area contributed by atoms with Gasteiger partial charge in [-0.05, 0) is 42.0 Å². The predicted octanol–water partition coefficient (Wildman–Crippen LogP) is 1.69. The molecule has 0 heterocycles. The van der Waals surface area contributed by atoms with Crippen molar-refractivity contribution in [3.63, 3.8) is 0 Å². The Hall–Kier alpha value is -2.87. The number of hydrogen-bond donors (Lipinski definition) is 3. The Labute approximate surface area is 139 Å². The minimum absolute atomic E-state index is 0.151. The molecule has 0 fully saturated rings. The maximum Gasteiger partial charge on any atom is 0.335 e. The van der Waals surface area contributed by atoms with Crippen LogP contribution in [0.5, 0.6) is 0 Å². The van der Waals surface area contributed by atoms with Crippen molar-refractivity contribution in [1.82, 2.24) is 5.32 Å². The van der Waals surface area contributed by atoms with Gasteiger partial charge in [-0.25, -0.2) is 13.2 Å². The third-order valence-corrected chi connectivity index (χ3v) is 3.68. The van der Waals surface area contributed by atoms with Crippen LogP contribution in [0.3, 0.4) is 0 Å². The van der Waals surface area contributed by atoms with Crippen LogP contribution in [0.4, 0.5) is 5.69 Å². The summed E-state index contributed by atoms with van der Waals surface area (Å²) in [5, 5.41) is 11.6. The number of amides is 1. The Bertz CT molecular complexity index is 860. The fraction of sp³-hybridized carbons (Fsp3) is 0.125. The quantitative estimate of drug-likeness (QED) is 0.735. The van der Waals surface area contributed by atoms with Crippen molar-refractivity contribution >= 4 is 27.6 Å². The van der Waals surface area contributed by atoms with E-state index in [9.17, 15) is 18.0 Å². The van der Waals surface area contributed by atoms with Gasteiger partial charge in [-0.15, -0.1) is 0 Å². The number of carboxylic acid groups (broad SMARTS) is 1. The van der Waals surface area contributed by atoms with Crippen molar-refractivity contribution in [3.05, 3.63) is 65.2 Å². The van der Waals surface area contributed by atoms with Gasteiger partial charge in [0, 0.05) is 17.8 Å². The van der Waals surface area contributed by atoms with Crippen LogP contribution in [0, 0.1) is 0 Å². The first-order chi connectivity index (χ1) is 11.2. The van der Waals surface area contributed by atoms with Gasteiger partial charge in [0.2, 0.25) is 10.0 Å². The lowest BCUT2D eigenvalue weighted by atomic mass is 10.1. The molecule has 8 heteroatoms. The smallest absolute Gasteiger partial charge is 0.335 e. The summed E-state index contributed by atoms with van der Waals surface area (Å²) in [5.74, 6) is -1.38. The number of carbonyl (C=O) groups excluding carboxylic acids is 1. The number of aromatic carboxylic acids is 1.